The van der Waals surface area contributed by atoms with Gasteiger partial charge in [-0.3, -0.25) is 9.59 Å². The van der Waals surface area contributed by atoms with Crippen LogP contribution in [-0.4, -0.2) is 55.8 Å². The minimum atomic E-state index is -1.10. The Kier molecular flexibility index (Phi) is 7.92. The van der Waals surface area contributed by atoms with Crippen molar-refractivity contribution in [3.63, 3.8) is 0 Å². The lowest BCUT2D eigenvalue weighted by molar-refractivity contribution is -0.401. The molecule has 1 amide bonds. The number of hydrogen-bond donors (Lipinski definition) is 3. The van der Waals surface area contributed by atoms with Gasteiger partial charge in [0.25, 0.3) is 5.91 Å². The van der Waals surface area contributed by atoms with Crippen LogP contribution in [0.3, 0.4) is 0 Å². The molecule has 0 bridgehead atoms. The number of nitrogens with zero attached hydrogens (tertiary/aromatic N) is 1. The van der Waals surface area contributed by atoms with Gasteiger partial charge in [0, 0.05) is 17.3 Å². The highest BCUT2D eigenvalue weighted by Crippen LogP contribution is 2.45. The summed E-state index contributed by atoms with van der Waals surface area (Å²) < 4.78 is 26.1. The predicted molar refractivity (Wildman–Crippen MR) is 127 cm³/mol. The number of anilines is 1. The highest BCUT2D eigenvalue weighted by molar-refractivity contribution is 7.10. The molecule has 0 spiro atoms. The highest BCUT2D eigenvalue weighted by Gasteiger charge is 2.23. The average molecular weight is 489 g/mol. The first kappa shape index (κ1) is 24.8. The van der Waals surface area contributed by atoms with Gasteiger partial charge in [-0.2, -0.15) is 4.37 Å². The molecule has 0 fully saturated rings. The smallest absolute Gasteiger partial charge is 0.309 e. The second-order valence-electron chi connectivity index (χ2n) is 7.18. The molecular weight excluding hydrogens is 462 g/mol. The number of carbonyl (C=O) groups is 2. The van der Waals surface area contributed by atoms with Crippen molar-refractivity contribution in [2.75, 3.05) is 33.8 Å². The topological polar surface area (TPSA) is 144 Å². The molecule has 0 saturated carbocycles. The van der Waals surface area contributed by atoms with E-state index in [2.05, 4.69) is 15.4 Å². The van der Waals surface area contributed by atoms with Crippen molar-refractivity contribution >= 4 is 29.1 Å². The van der Waals surface area contributed by atoms with Crippen LogP contribution >= 0.6 is 11.5 Å². The Morgan fingerprint density at radius 1 is 1.00 bits per heavy atom. The van der Waals surface area contributed by atoms with E-state index >= 15 is 0 Å². The summed E-state index contributed by atoms with van der Waals surface area (Å²) in [5.41, 5.74) is 6.42. The molecule has 3 aromatic rings. The Bertz CT molecular complexity index is 1170. The van der Waals surface area contributed by atoms with E-state index in [1.165, 1.54) is 25.8 Å². The molecule has 1 aromatic heterocycles. The lowest BCUT2D eigenvalue weighted by atomic mass is 10.0. The number of ether oxygens (including phenoxy) is 4. The molecule has 10 nitrogen and oxygen atoms in total. The van der Waals surface area contributed by atoms with Crippen molar-refractivity contribution < 1.29 is 39.4 Å². The van der Waals surface area contributed by atoms with Crippen LogP contribution in [0.25, 0.3) is 21.6 Å². The number of carbonyl (C=O) groups excluding carboxylic acids is 1. The van der Waals surface area contributed by atoms with Crippen LogP contribution in [0.2, 0.25) is 0 Å². The highest BCUT2D eigenvalue weighted by atomic mass is 32.1. The van der Waals surface area contributed by atoms with Crippen LogP contribution in [0.1, 0.15) is 6.42 Å². The predicted octanol–water partition coefficient (Wildman–Crippen LogP) is 2.54. The third kappa shape index (κ3) is 5.21. The van der Waals surface area contributed by atoms with Gasteiger partial charge in [-0.1, -0.05) is 6.07 Å². The molecule has 11 heteroatoms. The number of hydrogen-bond acceptors (Lipinski definition) is 8. The van der Waals surface area contributed by atoms with Crippen molar-refractivity contribution in [2.24, 2.45) is 0 Å². The molecule has 0 saturated heterocycles. The summed E-state index contributed by atoms with van der Waals surface area (Å²) in [5, 5.41) is 11.7. The van der Waals surface area contributed by atoms with Gasteiger partial charge >= 0.3 is 5.97 Å². The number of benzene rings is 2. The number of quaternary nitrogens is 1. The normalized spacial score (nSPS) is 11.4. The third-order valence-electron chi connectivity index (χ3n) is 5.06. The Labute approximate surface area is 200 Å². The van der Waals surface area contributed by atoms with E-state index in [-0.39, 0.29) is 6.42 Å². The molecule has 0 aliphatic heterocycles. The largest absolute Gasteiger partial charge is 0.495 e. The summed E-state index contributed by atoms with van der Waals surface area (Å²) in [6, 6.07) is 8.03. The number of aliphatic carboxylic acids is 1. The van der Waals surface area contributed by atoms with Gasteiger partial charge in [0.15, 0.2) is 17.5 Å². The summed E-state index contributed by atoms with van der Waals surface area (Å²) in [4.78, 5) is 24.2. The van der Waals surface area contributed by atoms with E-state index < -0.39 is 17.9 Å². The lowest BCUT2D eigenvalue weighted by Crippen LogP contribution is -2.66. The summed E-state index contributed by atoms with van der Waals surface area (Å²) >= 11 is 1.29. The zero-order valence-corrected chi connectivity index (χ0v) is 20.0. The first-order chi connectivity index (χ1) is 16.3. The zero-order chi connectivity index (χ0) is 24.8. The van der Waals surface area contributed by atoms with Crippen LogP contribution in [0.5, 0.6) is 23.0 Å². The fourth-order valence-electron chi connectivity index (χ4n) is 3.38. The number of amides is 1. The van der Waals surface area contributed by atoms with Gasteiger partial charge in [0.1, 0.15) is 12.2 Å². The van der Waals surface area contributed by atoms with Crippen molar-refractivity contribution in [1.82, 2.24) is 4.37 Å². The zero-order valence-electron chi connectivity index (χ0n) is 19.2. The van der Waals surface area contributed by atoms with Gasteiger partial charge in [0.2, 0.25) is 5.75 Å². The molecule has 5 N–H and O–H groups in total. The maximum atomic E-state index is 12.5. The summed E-state index contributed by atoms with van der Waals surface area (Å²) in [6.45, 7) is 0. The second-order valence-corrected chi connectivity index (χ2v) is 7.98. The van der Waals surface area contributed by atoms with Crippen LogP contribution < -0.4 is 30.0 Å². The molecule has 1 atom stereocenters. The molecular formula is C23H26N3O7S+. The minimum Gasteiger partial charge on any atom is -0.495 e. The number of aromatic nitrogens is 1. The molecule has 34 heavy (non-hydrogen) atoms. The van der Waals surface area contributed by atoms with E-state index in [4.69, 9.17) is 24.1 Å². The van der Waals surface area contributed by atoms with Gasteiger partial charge in [0.05, 0.1) is 39.0 Å². The van der Waals surface area contributed by atoms with Crippen molar-refractivity contribution in [1.29, 1.82) is 0 Å². The minimum absolute atomic E-state index is 0.381. The van der Waals surface area contributed by atoms with E-state index in [1.807, 2.05) is 18.2 Å². The van der Waals surface area contributed by atoms with Crippen molar-refractivity contribution in [3.05, 3.63) is 36.5 Å². The molecule has 3 rings (SSSR count). The fourth-order valence-corrected chi connectivity index (χ4v) is 4.13. The van der Waals surface area contributed by atoms with Gasteiger partial charge in [-0.25, -0.2) is 0 Å². The van der Waals surface area contributed by atoms with E-state index in [0.29, 0.717) is 28.7 Å². The van der Waals surface area contributed by atoms with Gasteiger partial charge in [-0.15, -0.1) is 0 Å². The third-order valence-corrected chi connectivity index (χ3v) is 5.91. The van der Waals surface area contributed by atoms with E-state index in [0.717, 1.165) is 21.6 Å². The SMILES string of the molecule is COc1ccc(-c2cnsc2-c2cc(OC)c(OC)c(OC)c2)cc1NC(=O)[C@@H]([NH3+])CC(=O)O. The molecule has 1 heterocycles. The number of rotatable bonds is 10. The Hall–Kier alpha value is -3.83. The number of nitrogens with one attached hydrogen (secondary N) is 1. The maximum Gasteiger partial charge on any atom is 0.309 e. The van der Waals surface area contributed by atoms with Crippen LogP contribution in [0.4, 0.5) is 5.69 Å². The quantitative estimate of drug-likeness (QED) is 0.395. The molecule has 2 aromatic carbocycles. The van der Waals surface area contributed by atoms with Crippen molar-refractivity contribution in [2.45, 2.75) is 12.5 Å². The first-order valence-electron chi connectivity index (χ1n) is 10.1. The molecule has 0 unspecified atom stereocenters. The Balaban J connectivity index is 2.02. The van der Waals surface area contributed by atoms with Gasteiger partial charge < -0.3 is 35.1 Å². The van der Waals surface area contributed by atoms with Crippen LogP contribution in [0, 0.1) is 0 Å². The Morgan fingerprint density at radius 3 is 2.21 bits per heavy atom. The molecule has 180 valence electrons. The fraction of sp³-hybridized carbons (Fsp3) is 0.261. The molecule has 0 aliphatic rings. The summed E-state index contributed by atoms with van der Waals surface area (Å²) in [5.74, 6) is 0.314. The lowest BCUT2D eigenvalue weighted by Gasteiger charge is -2.15. The van der Waals surface area contributed by atoms with E-state index in [1.54, 1.807) is 32.5 Å². The number of methoxy groups -OCH3 is 4. The van der Waals surface area contributed by atoms with Crippen molar-refractivity contribution in [3.8, 4) is 44.6 Å². The first-order valence-corrected chi connectivity index (χ1v) is 10.9. The summed E-state index contributed by atoms with van der Waals surface area (Å²) in [7, 11) is 6.12. The molecule has 0 radical (unpaired) electrons. The summed E-state index contributed by atoms with van der Waals surface area (Å²) in [6.07, 6.45) is 1.35. The monoisotopic (exact) mass is 488 g/mol. The number of carboxylic acid groups (broad SMARTS) is 1. The van der Waals surface area contributed by atoms with E-state index in [9.17, 15) is 9.59 Å². The number of carboxylic acids is 1. The second kappa shape index (κ2) is 10.9. The average Bonchev–Trinajstić information content (AvgIpc) is 3.32. The van der Waals surface area contributed by atoms with Crippen LogP contribution in [0.15, 0.2) is 36.5 Å². The standard InChI is InChI=1S/C23H25N3O7S/c1-30-17-6-5-12(7-16(17)26-23(29)15(24)10-20(27)28)14-11-25-34-22(14)13-8-18(31-2)21(33-4)19(9-13)32-3/h5-9,11,15H,10,24H2,1-4H3,(H,26,29)(H,27,28)/p+1/t15-/m0/s1. The van der Waals surface area contributed by atoms with Crippen LogP contribution in [-0.2, 0) is 9.59 Å². The van der Waals surface area contributed by atoms with Gasteiger partial charge in [-0.05, 0) is 41.4 Å². The maximum absolute atomic E-state index is 12.5. The molecule has 0 aliphatic carbocycles. The Morgan fingerprint density at radius 2 is 1.65 bits per heavy atom.